The van der Waals surface area contributed by atoms with Gasteiger partial charge in [-0.25, -0.2) is 4.99 Å². The van der Waals surface area contributed by atoms with Crippen LogP contribution >= 0.6 is 24.0 Å². The monoisotopic (exact) mass is 499 g/mol. The standard InChI is InChI=1S/C21H33N5O.HI/c1-17(2)13-22-21(24-15-20(27)25(3)4)23-14-19-11-8-12-26(19)16-18-9-6-5-7-10-18;/h5-7,9-10,19H,1,8,11-16H2,2-4H3,(H2,22,23,24);1H. The molecule has 1 saturated heterocycles. The number of nitrogens with one attached hydrogen (secondary N) is 2. The molecule has 1 aromatic rings. The molecule has 1 fully saturated rings. The highest BCUT2D eigenvalue weighted by atomic mass is 127. The summed E-state index contributed by atoms with van der Waals surface area (Å²) >= 11 is 0. The minimum Gasteiger partial charge on any atom is -0.355 e. The predicted molar refractivity (Wildman–Crippen MR) is 127 cm³/mol. The summed E-state index contributed by atoms with van der Waals surface area (Å²) in [6.45, 7) is 9.56. The number of hydrogen-bond donors (Lipinski definition) is 2. The average Bonchev–Trinajstić information content (AvgIpc) is 3.08. The van der Waals surface area contributed by atoms with Crippen LogP contribution in [-0.4, -0.2) is 68.0 Å². The smallest absolute Gasteiger partial charge is 0.243 e. The Bertz CT molecular complexity index is 647. The van der Waals surface area contributed by atoms with Crippen molar-refractivity contribution in [3.05, 3.63) is 48.0 Å². The van der Waals surface area contributed by atoms with Crippen LogP contribution in [0, 0.1) is 0 Å². The third-order valence-electron chi connectivity index (χ3n) is 4.66. The zero-order chi connectivity index (χ0) is 19.6. The molecule has 0 aliphatic carbocycles. The number of guanidine groups is 1. The van der Waals surface area contributed by atoms with Crippen LogP contribution in [0.2, 0.25) is 0 Å². The van der Waals surface area contributed by atoms with E-state index in [1.165, 1.54) is 18.4 Å². The lowest BCUT2D eigenvalue weighted by Crippen LogP contribution is -2.45. The number of halogens is 1. The van der Waals surface area contributed by atoms with Crippen LogP contribution in [0.3, 0.4) is 0 Å². The highest BCUT2D eigenvalue weighted by Gasteiger charge is 2.24. The number of amides is 1. The van der Waals surface area contributed by atoms with E-state index in [4.69, 9.17) is 0 Å². The highest BCUT2D eigenvalue weighted by Crippen LogP contribution is 2.19. The maximum atomic E-state index is 11.8. The number of hydrogen-bond acceptors (Lipinski definition) is 3. The van der Waals surface area contributed by atoms with Crippen molar-refractivity contribution in [2.45, 2.75) is 32.4 Å². The summed E-state index contributed by atoms with van der Waals surface area (Å²) < 4.78 is 0. The zero-order valence-corrected chi connectivity index (χ0v) is 19.6. The third kappa shape index (κ3) is 8.60. The van der Waals surface area contributed by atoms with Gasteiger partial charge < -0.3 is 15.5 Å². The van der Waals surface area contributed by atoms with E-state index in [2.05, 4.69) is 57.4 Å². The van der Waals surface area contributed by atoms with Crippen LogP contribution in [0.15, 0.2) is 47.5 Å². The van der Waals surface area contributed by atoms with Gasteiger partial charge in [0.05, 0.1) is 0 Å². The molecule has 2 rings (SSSR count). The van der Waals surface area contributed by atoms with Crippen molar-refractivity contribution in [1.82, 2.24) is 20.4 Å². The second kappa shape index (κ2) is 12.8. The molecule has 1 unspecified atom stereocenters. The lowest BCUT2D eigenvalue weighted by molar-refractivity contribution is -0.127. The van der Waals surface area contributed by atoms with Gasteiger partial charge in [-0.3, -0.25) is 9.69 Å². The minimum atomic E-state index is -0.0157. The molecule has 0 radical (unpaired) electrons. The molecular formula is C21H34IN5O. The Kier molecular flexibility index (Phi) is 11.1. The van der Waals surface area contributed by atoms with E-state index in [0.29, 0.717) is 18.5 Å². The summed E-state index contributed by atoms with van der Waals surface area (Å²) in [5, 5.41) is 6.66. The van der Waals surface area contributed by atoms with Gasteiger partial charge in [0.15, 0.2) is 5.96 Å². The van der Waals surface area contributed by atoms with Gasteiger partial charge in [-0.1, -0.05) is 42.5 Å². The van der Waals surface area contributed by atoms with Crippen molar-refractivity contribution < 1.29 is 4.79 Å². The quantitative estimate of drug-likeness (QED) is 0.250. The van der Waals surface area contributed by atoms with Crippen LogP contribution < -0.4 is 10.6 Å². The first-order chi connectivity index (χ1) is 13.0. The third-order valence-corrected chi connectivity index (χ3v) is 4.66. The molecule has 156 valence electrons. The van der Waals surface area contributed by atoms with Crippen molar-refractivity contribution in [2.24, 2.45) is 4.99 Å². The SMILES string of the molecule is C=C(C)CNC(=NCC(=O)N(C)C)NCC1CCCN1Cc1ccccc1.I. The molecule has 1 heterocycles. The Morgan fingerprint density at radius 3 is 2.64 bits per heavy atom. The fraction of sp³-hybridized carbons (Fsp3) is 0.524. The number of benzene rings is 1. The van der Waals surface area contributed by atoms with E-state index in [-0.39, 0.29) is 36.4 Å². The molecule has 1 aliphatic rings. The van der Waals surface area contributed by atoms with E-state index in [1.54, 1.807) is 19.0 Å². The van der Waals surface area contributed by atoms with Crippen molar-refractivity contribution >= 4 is 35.8 Å². The van der Waals surface area contributed by atoms with Gasteiger partial charge in [-0.05, 0) is 31.9 Å². The fourth-order valence-electron chi connectivity index (χ4n) is 3.06. The van der Waals surface area contributed by atoms with Crippen molar-refractivity contribution in [3.8, 4) is 0 Å². The van der Waals surface area contributed by atoms with Gasteiger partial charge in [0.2, 0.25) is 5.91 Å². The molecule has 6 nitrogen and oxygen atoms in total. The number of likely N-dealkylation sites (tertiary alicyclic amines) is 1. The Balaban J connectivity index is 0.00000392. The summed E-state index contributed by atoms with van der Waals surface area (Å²) in [5.41, 5.74) is 2.37. The minimum absolute atomic E-state index is 0. The second-order valence-corrected chi connectivity index (χ2v) is 7.40. The van der Waals surface area contributed by atoms with Gasteiger partial charge >= 0.3 is 0 Å². The van der Waals surface area contributed by atoms with Gasteiger partial charge in [0.1, 0.15) is 6.54 Å². The Morgan fingerprint density at radius 1 is 1.29 bits per heavy atom. The molecule has 0 spiro atoms. The second-order valence-electron chi connectivity index (χ2n) is 7.40. The van der Waals surface area contributed by atoms with Gasteiger partial charge in [0.25, 0.3) is 0 Å². The number of nitrogens with zero attached hydrogens (tertiary/aromatic N) is 3. The van der Waals surface area contributed by atoms with Crippen LogP contribution in [-0.2, 0) is 11.3 Å². The van der Waals surface area contributed by atoms with E-state index in [0.717, 1.165) is 25.2 Å². The molecule has 7 heteroatoms. The van der Waals surface area contributed by atoms with Gasteiger partial charge in [0, 0.05) is 39.8 Å². The lowest BCUT2D eigenvalue weighted by Gasteiger charge is -2.25. The van der Waals surface area contributed by atoms with Crippen molar-refractivity contribution in [2.75, 3.05) is 40.3 Å². The first kappa shape index (κ1) is 24.4. The summed E-state index contributed by atoms with van der Waals surface area (Å²) in [6, 6.07) is 11.1. The van der Waals surface area contributed by atoms with Crippen molar-refractivity contribution in [1.29, 1.82) is 0 Å². The average molecular weight is 499 g/mol. The first-order valence-corrected chi connectivity index (χ1v) is 9.60. The van der Waals surface area contributed by atoms with Gasteiger partial charge in [-0.15, -0.1) is 24.0 Å². The molecule has 1 aliphatic heterocycles. The number of aliphatic imine (C=N–C) groups is 1. The van der Waals surface area contributed by atoms with Crippen LogP contribution in [0.5, 0.6) is 0 Å². The summed E-state index contributed by atoms with van der Waals surface area (Å²) in [4.78, 5) is 20.3. The Morgan fingerprint density at radius 2 is 2.00 bits per heavy atom. The molecule has 1 aromatic carbocycles. The van der Waals surface area contributed by atoms with Crippen molar-refractivity contribution in [3.63, 3.8) is 0 Å². The summed E-state index contributed by atoms with van der Waals surface area (Å²) in [5.74, 6) is 0.651. The largest absolute Gasteiger partial charge is 0.355 e. The summed E-state index contributed by atoms with van der Waals surface area (Å²) in [6.07, 6.45) is 2.38. The molecule has 2 N–H and O–H groups in total. The molecule has 0 bridgehead atoms. The number of carbonyl (C=O) groups excluding carboxylic acids is 1. The van der Waals surface area contributed by atoms with E-state index < -0.39 is 0 Å². The van der Waals surface area contributed by atoms with Crippen LogP contribution in [0.4, 0.5) is 0 Å². The fourth-order valence-corrected chi connectivity index (χ4v) is 3.06. The van der Waals surface area contributed by atoms with Crippen LogP contribution in [0.25, 0.3) is 0 Å². The van der Waals surface area contributed by atoms with E-state index in [1.807, 2.05) is 6.92 Å². The zero-order valence-electron chi connectivity index (χ0n) is 17.3. The first-order valence-electron chi connectivity index (χ1n) is 9.60. The summed E-state index contributed by atoms with van der Waals surface area (Å²) in [7, 11) is 3.48. The topological polar surface area (TPSA) is 60.0 Å². The maximum absolute atomic E-state index is 11.8. The molecule has 1 atom stereocenters. The Labute approximate surface area is 186 Å². The lowest BCUT2D eigenvalue weighted by atomic mass is 10.2. The normalized spacial score (nSPS) is 17.0. The Hall–Kier alpha value is -1.61. The number of rotatable bonds is 8. The number of likely N-dealkylation sites (N-methyl/N-ethyl adjacent to an activating group) is 1. The maximum Gasteiger partial charge on any atom is 0.243 e. The molecule has 1 amide bonds. The van der Waals surface area contributed by atoms with Gasteiger partial charge in [-0.2, -0.15) is 0 Å². The molecule has 28 heavy (non-hydrogen) atoms. The number of carbonyl (C=O) groups is 1. The molecule has 0 aromatic heterocycles. The van der Waals surface area contributed by atoms with E-state index in [9.17, 15) is 4.79 Å². The predicted octanol–water partition coefficient (Wildman–Crippen LogP) is 2.47. The molecular weight excluding hydrogens is 465 g/mol. The van der Waals surface area contributed by atoms with Crippen LogP contribution in [0.1, 0.15) is 25.3 Å². The van der Waals surface area contributed by atoms with E-state index >= 15 is 0 Å². The molecule has 0 saturated carbocycles. The highest BCUT2D eigenvalue weighted by molar-refractivity contribution is 14.0.